The second kappa shape index (κ2) is 10.9. The summed E-state index contributed by atoms with van der Waals surface area (Å²) in [4.78, 5) is 28.0. The Labute approximate surface area is 225 Å². The lowest BCUT2D eigenvalue weighted by molar-refractivity contribution is 0.0526. The van der Waals surface area contributed by atoms with Crippen molar-refractivity contribution in [1.82, 2.24) is 24.7 Å². The average Bonchev–Trinajstić information content (AvgIpc) is 3.41. The SMILES string of the molecule is CCOC(=O)c1cccc(-n2ncc3cc(Nc4nccc(-c5cncc(N6CCOCC6)c5)n4)ccc32)c1. The molecule has 196 valence electrons. The largest absolute Gasteiger partial charge is 0.462 e. The number of hydrogen-bond acceptors (Lipinski definition) is 9. The number of rotatable bonds is 7. The maximum atomic E-state index is 12.2. The molecule has 3 aromatic heterocycles. The van der Waals surface area contributed by atoms with Crippen LogP contribution in [0.25, 0.3) is 27.8 Å². The lowest BCUT2D eigenvalue weighted by Crippen LogP contribution is -2.36. The van der Waals surface area contributed by atoms with Gasteiger partial charge in [-0.25, -0.2) is 19.4 Å². The Bertz CT molecular complexity index is 1630. The van der Waals surface area contributed by atoms with Crippen LogP contribution in [0.3, 0.4) is 0 Å². The molecule has 1 fully saturated rings. The molecular formula is C29H27N7O3. The third-order valence-electron chi connectivity index (χ3n) is 6.48. The zero-order valence-electron chi connectivity index (χ0n) is 21.4. The van der Waals surface area contributed by atoms with Gasteiger partial charge in [-0.05, 0) is 55.5 Å². The van der Waals surface area contributed by atoms with Gasteiger partial charge in [-0.2, -0.15) is 5.10 Å². The number of fused-ring (bicyclic) bond motifs is 1. The van der Waals surface area contributed by atoms with Crippen molar-refractivity contribution in [3.05, 3.63) is 84.9 Å². The van der Waals surface area contributed by atoms with Gasteiger partial charge in [-0.3, -0.25) is 4.98 Å². The predicted octanol–water partition coefficient (Wildman–Crippen LogP) is 4.63. The first-order chi connectivity index (χ1) is 19.2. The fraction of sp³-hybridized carbons (Fsp3) is 0.207. The molecule has 10 heteroatoms. The number of hydrogen-bond donors (Lipinski definition) is 1. The first-order valence-corrected chi connectivity index (χ1v) is 12.8. The van der Waals surface area contributed by atoms with Crippen LogP contribution in [-0.4, -0.2) is 63.6 Å². The van der Waals surface area contributed by atoms with Gasteiger partial charge in [0, 0.05) is 42.1 Å². The number of carbonyl (C=O) groups is 1. The highest BCUT2D eigenvalue weighted by atomic mass is 16.5. The highest BCUT2D eigenvalue weighted by Gasteiger charge is 2.14. The van der Waals surface area contributed by atoms with Gasteiger partial charge in [0.15, 0.2) is 0 Å². The molecule has 5 aromatic rings. The molecule has 10 nitrogen and oxygen atoms in total. The molecule has 0 atom stereocenters. The molecule has 0 saturated carbocycles. The van der Waals surface area contributed by atoms with E-state index in [4.69, 9.17) is 14.5 Å². The second-order valence-electron chi connectivity index (χ2n) is 9.02. The number of pyridine rings is 1. The number of carbonyl (C=O) groups excluding carboxylic acids is 1. The fourth-order valence-electron chi connectivity index (χ4n) is 4.57. The normalized spacial score (nSPS) is 13.4. The topological polar surface area (TPSA) is 107 Å². The monoisotopic (exact) mass is 521 g/mol. The minimum Gasteiger partial charge on any atom is -0.462 e. The van der Waals surface area contributed by atoms with E-state index in [0.29, 0.717) is 18.1 Å². The van der Waals surface area contributed by atoms with E-state index in [9.17, 15) is 4.79 Å². The lowest BCUT2D eigenvalue weighted by Gasteiger charge is -2.28. The summed E-state index contributed by atoms with van der Waals surface area (Å²) in [5.74, 6) is 0.131. The third kappa shape index (κ3) is 5.27. The summed E-state index contributed by atoms with van der Waals surface area (Å²) in [6, 6.07) is 17.1. The minimum absolute atomic E-state index is 0.327. The average molecular weight is 522 g/mol. The van der Waals surface area contributed by atoms with Gasteiger partial charge < -0.3 is 19.7 Å². The van der Waals surface area contributed by atoms with E-state index in [1.165, 1.54) is 0 Å². The molecule has 6 rings (SSSR count). The van der Waals surface area contributed by atoms with Crippen LogP contribution in [0.2, 0.25) is 0 Å². The van der Waals surface area contributed by atoms with E-state index in [0.717, 1.165) is 65.5 Å². The summed E-state index contributed by atoms with van der Waals surface area (Å²) in [5.41, 5.74) is 5.76. The molecule has 1 aliphatic rings. The summed E-state index contributed by atoms with van der Waals surface area (Å²) in [6.45, 7) is 5.24. The van der Waals surface area contributed by atoms with Crippen molar-refractivity contribution in [3.8, 4) is 16.9 Å². The molecule has 0 amide bonds. The number of nitrogens with zero attached hydrogens (tertiary/aromatic N) is 6. The smallest absolute Gasteiger partial charge is 0.338 e. The van der Waals surface area contributed by atoms with Gasteiger partial charge >= 0.3 is 5.97 Å². The van der Waals surface area contributed by atoms with E-state index < -0.39 is 0 Å². The molecule has 39 heavy (non-hydrogen) atoms. The molecular weight excluding hydrogens is 494 g/mol. The molecule has 0 spiro atoms. The summed E-state index contributed by atoms with van der Waals surface area (Å²) in [7, 11) is 0. The number of ether oxygens (including phenoxy) is 2. The van der Waals surface area contributed by atoms with Gasteiger partial charge in [0.2, 0.25) is 5.95 Å². The van der Waals surface area contributed by atoms with Crippen molar-refractivity contribution in [2.24, 2.45) is 0 Å². The first-order valence-electron chi connectivity index (χ1n) is 12.8. The van der Waals surface area contributed by atoms with Gasteiger partial charge in [0.05, 0.1) is 60.4 Å². The number of nitrogens with one attached hydrogen (secondary N) is 1. The molecule has 1 aliphatic heterocycles. The fourth-order valence-corrected chi connectivity index (χ4v) is 4.57. The molecule has 4 heterocycles. The Hall–Kier alpha value is -4.83. The summed E-state index contributed by atoms with van der Waals surface area (Å²) < 4.78 is 12.4. The second-order valence-corrected chi connectivity index (χ2v) is 9.02. The number of benzene rings is 2. The lowest BCUT2D eigenvalue weighted by atomic mass is 10.2. The van der Waals surface area contributed by atoms with Crippen molar-refractivity contribution in [3.63, 3.8) is 0 Å². The van der Waals surface area contributed by atoms with Crippen LogP contribution in [0.4, 0.5) is 17.3 Å². The minimum atomic E-state index is -0.354. The van der Waals surface area contributed by atoms with Crippen LogP contribution in [0.1, 0.15) is 17.3 Å². The molecule has 1 saturated heterocycles. The molecule has 0 bridgehead atoms. The number of anilines is 3. The van der Waals surface area contributed by atoms with Crippen LogP contribution in [-0.2, 0) is 9.47 Å². The maximum Gasteiger partial charge on any atom is 0.338 e. The standard InChI is InChI=1S/C29H27N7O3/c1-2-39-28(37)20-4-3-5-24(15-20)36-27-7-6-23(14-22(27)18-32-36)33-29-31-9-8-26(34-29)21-16-25(19-30-17-21)35-10-12-38-13-11-35/h3-9,14-19H,2,10-13H2,1H3,(H,31,33,34). The number of aromatic nitrogens is 5. The highest BCUT2D eigenvalue weighted by Crippen LogP contribution is 2.26. The van der Waals surface area contributed by atoms with E-state index in [2.05, 4.69) is 31.3 Å². The van der Waals surface area contributed by atoms with Gasteiger partial charge in [0.1, 0.15) is 0 Å². The van der Waals surface area contributed by atoms with Crippen molar-refractivity contribution < 1.29 is 14.3 Å². The molecule has 1 N–H and O–H groups in total. The zero-order chi connectivity index (χ0) is 26.6. The molecule has 0 aliphatic carbocycles. The van der Waals surface area contributed by atoms with E-state index in [1.54, 1.807) is 36.1 Å². The van der Waals surface area contributed by atoms with Crippen LogP contribution in [0.5, 0.6) is 0 Å². The number of esters is 1. The van der Waals surface area contributed by atoms with Crippen molar-refractivity contribution in [1.29, 1.82) is 0 Å². The Balaban J connectivity index is 1.22. The van der Waals surface area contributed by atoms with E-state index >= 15 is 0 Å². The molecule has 0 radical (unpaired) electrons. The van der Waals surface area contributed by atoms with Crippen LogP contribution < -0.4 is 10.2 Å². The van der Waals surface area contributed by atoms with Gasteiger partial charge in [-0.15, -0.1) is 0 Å². The Kier molecular flexibility index (Phi) is 6.84. The zero-order valence-corrected chi connectivity index (χ0v) is 21.4. The van der Waals surface area contributed by atoms with Crippen molar-refractivity contribution >= 4 is 34.2 Å². The van der Waals surface area contributed by atoms with Crippen LogP contribution in [0.15, 0.2) is 79.4 Å². The van der Waals surface area contributed by atoms with Crippen molar-refractivity contribution in [2.45, 2.75) is 6.92 Å². The highest BCUT2D eigenvalue weighted by molar-refractivity contribution is 5.90. The Morgan fingerprint density at radius 2 is 1.92 bits per heavy atom. The van der Waals surface area contributed by atoms with Crippen LogP contribution in [0, 0.1) is 0 Å². The molecule has 0 unspecified atom stereocenters. The van der Waals surface area contributed by atoms with E-state index in [1.807, 2.05) is 48.8 Å². The predicted molar refractivity (Wildman–Crippen MR) is 149 cm³/mol. The summed E-state index contributed by atoms with van der Waals surface area (Å²) >= 11 is 0. The van der Waals surface area contributed by atoms with Gasteiger partial charge in [-0.1, -0.05) is 6.07 Å². The third-order valence-corrected chi connectivity index (χ3v) is 6.48. The van der Waals surface area contributed by atoms with Gasteiger partial charge in [0.25, 0.3) is 0 Å². The Morgan fingerprint density at radius 3 is 2.79 bits per heavy atom. The first kappa shape index (κ1) is 24.5. The van der Waals surface area contributed by atoms with E-state index in [-0.39, 0.29) is 5.97 Å². The van der Waals surface area contributed by atoms with Crippen LogP contribution >= 0.6 is 0 Å². The Morgan fingerprint density at radius 1 is 1.03 bits per heavy atom. The molecule has 2 aromatic carbocycles. The quantitative estimate of drug-likeness (QED) is 0.307. The summed E-state index contributed by atoms with van der Waals surface area (Å²) in [5, 5.41) is 8.78. The summed E-state index contributed by atoms with van der Waals surface area (Å²) in [6.07, 6.45) is 7.21. The van der Waals surface area contributed by atoms with Crippen molar-refractivity contribution in [2.75, 3.05) is 43.1 Å². The number of morpholine rings is 1. The maximum absolute atomic E-state index is 12.2.